The maximum Gasteiger partial charge on any atom is 0.137 e. The van der Waals surface area contributed by atoms with Crippen molar-refractivity contribution in [1.29, 1.82) is 0 Å². The summed E-state index contributed by atoms with van der Waals surface area (Å²) in [7, 11) is 0. The topological polar surface area (TPSA) is 23.5 Å². The Labute approximate surface area is 116 Å². The van der Waals surface area contributed by atoms with E-state index in [0.717, 1.165) is 38.0 Å². The lowest BCUT2D eigenvalue weighted by Gasteiger charge is -2.38. The quantitative estimate of drug-likeness (QED) is 0.927. The predicted molar refractivity (Wildman–Crippen MR) is 74.1 cm³/mol. The third kappa shape index (κ3) is 3.11. The summed E-state index contributed by atoms with van der Waals surface area (Å²) in [4.78, 5) is 2.33. The third-order valence-electron chi connectivity index (χ3n) is 3.79. The van der Waals surface area contributed by atoms with Crippen molar-refractivity contribution in [2.24, 2.45) is 0 Å². The number of hydrogen-bond acceptors (Lipinski definition) is 2. The fourth-order valence-corrected chi connectivity index (χ4v) is 2.91. The van der Waals surface area contributed by atoms with Crippen molar-refractivity contribution < 1.29 is 9.50 Å². The molecular weight excluding hydrogens is 297 g/mol. The molecular formula is C14H19BrFNO. The molecule has 2 rings (SSSR count). The van der Waals surface area contributed by atoms with Crippen LogP contribution >= 0.6 is 15.9 Å². The second-order valence-corrected chi connectivity index (χ2v) is 5.84. The molecule has 18 heavy (non-hydrogen) atoms. The molecule has 1 aromatic carbocycles. The summed E-state index contributed by atoms with van der Waals surface area (Å²) in [6.07, 6.45) is 2.02. The van der Waals surface area contributed by atoms with Crippen LogP contribution < -0.4 is 0 Å². The first-order valence-corrected chi connectivity index (χ1v) is 7.21. The Morgan fingerprint density at radius 3 is 2.67 bits per heavy atom. The lowest BCUT2D eigenvalue weighted by atomic mass is 9.85. The summed E-state index contributed by atoms with van der Waals surface area (Å²) in [5, 5.41) is 10.6. The van der Waals surface area contributed by atoms with Gasteiger partial charge in [-0.25, -0.2) is 4.39 Å². The maximum atomic E-state index is 13.4. The van der Waals surface area contributed by atoms with Gasteiger partial charge in [-0.15, -0.1) is 0 Å². The molecule has 1 aromatic rings. The Balaban J connectivity index is 2.07. The van der Waals surface area contributed by atoms with Gasteiger partial charge in [0.05, 0.1) is 10.1 Å². The summed E-state index contributed by atoms with van der Waals surface area (Å²) in [6, 6.07) is 4.99. The van der Waals surface area contributed by atoms with Crippen LogP contribution in [-0.4, -0.2) is 35.2 Å². The highest BCUT2D eigenvalue weighted by Gasteiger charge is 2.32. The molecule has 0 saturated carbocycles. The highest BCUT2D eigenvalue weighted by Crippen LogP contribution is 2.30. The van der Waals surface area contributed by atoms with Gasteiger partial charge in [0.1, 0.15) is 5.82 Å². The molecule has 0 amide bonds. The maximum absolute atomic E-state index is 13.4. The smallest absolute Gasteiger partial charge is 0.137 e. The van der Waals surface area contributed by atoms with Gasteiger partial charge in [-0.3, -0.25) is 0 Å². The van der Waals surface area contributed by atoms with Crippen LogP contribution in [0.2, 0.25) is 0 Å². The van der Waals surface area contributed by atoms with E-state index in [4.69, 9.17) is 0 Å². The lowest BCUT2D eigenvalue weighted by molar-refractivity contribution is -0.0195. The molecule has 0 bridgehead atoms. The summed E-state index contributed by atoms with van der Waals surface area (Å²) in [5.41, 5.74) is 0.157. The van der Waals surface area contributed by atoms with Crippen LogP contribution in [0.1, 0.15) is 25.3 Å². The Morgan fingerprint density at radius 2 is 2.06 bits per heavy atom. The number of aliphatic hydroxyl groups is 1. The number of halogens is 2. The molecule has 0 unspecified atom stereocenters. The zero-order valence-corrected chi connectivity index (χ0v) is 12.2. The van der Waals surface area contributed by atoms with Gasteiger partial charge in [0.25, 0.3) is 0 Å². The Morgan fingerprint density at radius 1 is 1.39 bits per heavy atom. The normalized spacial score (nSPS) is 20.0. The predicted octanol–water partition coefficient (Wildman–Crippen LogP) is 2.98. The molecule has 0 atom stereocenters. The van der Waals surface area contributed by atoms with Crippen molar-refractivity contribution in [2.45, 2.75) is 31.8 Å². The van der Waals surface area contributed by atoms with Crippen molar-refractivity contribution >= 4 is 15.9 Å². The van der Waals surface area contributed by atoms with E-state index in [9.17, 15) is 9.50 Å². The van der Waals surface area contributed by atoms with Crippen LogP contribution in [0.15, 0.2) is 22.7 Å². The van der Waals surface area contributed by atoms with E-state index in [1.54, 1.807) is 6.07 Å². The fourth-order valence-electron chi connectivity index (χ4n) is 2.50. The molecule has 1 aliphatic rings. The summed E-state index contributed by atoms with van der Waals surface area (Å²) in [5.74, 6) is -0.262. The zero-order chi connectivity index (χ0) is 13.2. The minimum atomic E-state index is -0.692. The molecule has 1 aliphatic heterocycles. The van der Waals surface area contributed by atoms with Gasteiger partial charge in [-0.05, 0) is 46.9 Å². The van der Waals surface area contributed by atoms with Gasteiger partial charge in [0, 0.05) is 19.5 Å². The van der Waals surface area contributed by atoms with Crippen LogP contribution in [0.3, 0.4) is 0 Å². The molecule has 1 heterocycles. The number of piperidine rings is 1. The number of rotatable bonds is 3. The molecule has 1 fully saturated rings. The van der Waals surface area contributed by atoms with Crippen molar-refractivity contribution in [3.05, 3.63) is 34.1 Å². The minimum absolute atomic E-state index is 0.262. The number of benzene rings is 1. The standard InChI is InChI=1S/C14H19BrFNO/c1-2-17-8-6-14(18,7-9-17)10-11-4-3-5-12(16)13(11)15/h3-5,18H,2,6-10H2,1H3. The Bertz CT molecular complexity index is 416. The average molecular weight is 316 g/mol. The van der Waals surface area contributed by atoms with Crippen LogP contribution in [0, 0.1) is 5.82 Å². The average Bonchev–Trinajstić information content (AvgIpc) is 2.36. The van der Waals surface area contributed by atoms with Crippen LogP contribution in [0.25, 0.3) is 0 Å². The number of nitrogens with zero attached hydrogens (tertiary/aromatic N) is 1. The summed E-state index contributed by atoms with van der Waals surface area (Å²) in [6.45, 7) is 4.99. The van der Waals surface area contributed by atoms with Crippen molar-refractivity contribution in [2.75, 3.05) is 19.6 Å². The molecule has 100 valence electrons. The minimum Gasteiger partial charge on any atom is -0.389 e. The van der Waals surface area contributed by atoms with Crippen molar-refractivity contribution in [3.8, 4) is 0 Å². The molecule has 1 N–H and O–H groups in total. The van der Waals surface area contributed by atoms with Gasteiger partial charge in [0.2, 0.25) is 0 Å². The van der Waals surface area contributed by atoms with E-state index in [0.29, 0.717) is 10.9 Å². The van der Waals surface area contributed by atoms with Gasteiger partial charge in [0.15, 0.2) is 0 Å². The van der Waals surface area contributed by atoms with E-state index >= 15 is 0 Å². The van der Waals surface area contributed by atoms with Crippen molar-refractivity contribution in [1.82, 2.24) is 4.90 Å². The highest BCUT2D eigenvalue weighted by atomic mass is 79.9. The largest absolute Gasteiger partial charge is 0.389 e. The van der Waals surface area contributed by atoms with Gasteiger partial charge in [-0.1, -0.05) is 19.1 Å². The van der Waals surface area contributed by atoms with E-state index in [2.05, 4.69) is 27.8 Å². The Hall–Kier alpha value is -0.450. The molecule has 0 aliphatic carbocycles. The number of likely N-dealkylation sites (tertiary alicyclic amines) is 1. The first-order valence-electron chi connectivity index (χ1n) is 6.42. The second kappa shape index (κ2) is 5.68. The second-order valence-electron chi connectivity index (χ2n) is 5.05. The van der Waals surface area contributed by atoms with E-state index in [1.165, 1.54) is 6.07 Å². The first kappa shape index (κ1) is 14.0. The van der Waals surface area contributed by atoms with E-state index < -0.39 is 5.60 Å². The van der Waals surface area contributed by atoms with Gasteiger partial charge < -0.3 is 10.0 Å². The van der Waals surface area contributed by atoms with E-state index in [1.807, 2.05) is 6.07 Å². The van der Waals surface area contributed by atoms with Crippen LogP contribution in [-0.2, 0) is 6.42 Å². The van der Waals surface area contributed by atoms with Gasteiger partial charge >= 0.3 is 0 Å². The third-order valence-corrected chi connectivity index (χ3v) is 4.67. The highest BCUT2D eigenvalue weighted by molar-refractivity contribution is 9.10. The Kier molecular flexibility index (Phi) is 4.41. The molecule has 0 radical (unpaired) electrons. The number of hydrogen-bond donors (Lipinski definition) is 1. The molecule has 0 aromatic heterocycles. The summed E-state index contributed by atoms with van der Waals surface area (Å²) >= 11 is 3.26. The molecule has 0 spiro atoms. The fraction of sp³-hybridized carbons (Fsp3) is 0.571. The zero-order valence-electron chi connectivity index (χ0n) is 10.6. The van der Waals surface area contributed by atoms with Crippen LogP contribution in [0.4, 0.5) is 4.39 Å². The molecule has 2 nitrogen and oxygen atoms in total. The van der Waals surface area contributed by atoms with Crippen molar-refractivity contribution in [3.63, 3.8) is 0 Å². The summed E-state index contributed by atoms with van der Waals surface area (Å²) < 4.78 is 13.9. The van der Waals surface area contributed by atoms with E-state index in [-0.39, 0.29) is 5.82 Å². The SMILES string of the molecule is CCN1CCC(O)(Cc2cccc(F)c2Br)CC1. The first-order chi connectivity index (χ1) is 8.54. The van der Waals surface area contributed by atoms with Gasteiger partial charge in [-0.2, -0.15) is 0 Å². The molecule has 4 heteroatoms. The lowest BCUT2D eigenvalue weighted by Crippen LogP contribution is -2.45. The van der Waals surface area contributed by atoms with Crippen LogP contribution in [0.5, 0.6) is 0 Å². The molecule has 1 saturated heterocycles. The monoisotopic (exact) mass is 315 g/mol.